The summed E-state index contributed by atoms with van der Waals surface area (Å²) < 4.78 is 5.83. The standard InChI is InChI=1S/C12H18OSi/c1-14(2,12-9-6-10-13-12)11-7-4-3-5-8-11/h3-5,7-8,12H,6,9-10H2,1-2H3. The molecule has 2 heteroatoms. The zero-order valence-corrected chi connectivity index (χ0v) is 9.99. The topological polar surface area (TPSA) is 9.23 Å². The van der Waals surface area contributed by atoms with Gasteiger partial charge in [-0.3, -0.25) is 0 Å². The van der Waals surface area contributed by atoms with Gasteiger partial charge in [0.05, 0.1) is 5.73 Å². The van der Waals surface area contributed by atoms with E-state index in [9.17, 15) is 0 Å². The summed E-state index contributed by atoms with van der Waals surface area (Å²) in [5, 5.41) is 1.52. The van der Waals surface area contributed by atoms with Crippen molar-refractivity contribution in [2.75, 3.05) is 6.61 Å². The Hall–Kier alpha value is -0.603. The summed E-state index contributed by atoms with van der Waals surface area (Å²) >= 11 is 0. The van der Waals surface area contributed by atoms with Crippen molar-refractivity contribution in [3.63, 3.8) is 0 Å². The third-order valence-electron chi connectivity index (χ3n) is 3.25. The summed E-state index contributed by atoms with van der Waals surface area (Å²) in [5.74, 6) is 0. The van der Waals surface area contributed by atoms with Crippen LogP contribution in [-0.4, -0.2) is 20.4 Å². The van der Waals surface area contributed by atoms with Gasteiger partial charge in [-0.2, -0.15) is 0 Å². The van der Waals surface area contributed by atoms with Gasteiger partial charge >= 0.3 is 0 Å². The van der Waals surface area contributed by atoms with Crippen LogP contribution in [0.4, 0.5) is 0 Å². The van der Waals surface area contributed by atoms with Gasteiger partial charge in [0.25, 0.3) is 0 Å². The maximum absolute atomic E-state index is 5.83. The minimum Gasteiger partial charge on any atom is -0.381 e. The molecule has 1 fully saturated rings. The van der Waals surface area contributed by atoms with E-state index in [2.05, 4.69) is 43.4 Å². The molecule has 0 bridgehead atoms. The van der Waals surface area contributed by atoms with Crippen LogP contribution in [0.15, 0.2) is 30.3 Å². The van der Waals surface area contributed by atoms with E-state index in [-0.39, 0.29) is 0 Å². The lowest BCUT2D eigenvalue weighted by molar-refractivity contribution is 0.161. The van der Waals surface area contributed by atoms with Gasteiger partial charge in [0.1, 0.15) is 8.07 Å². The number of rotatable bonds is 2. The number of hydrogen-bond acceptors (Lipinski definition) is 1. The first-order chi connectivity index (χ1) is 6.71. The summed E-state index contributed by atoms with van der Waals surface area (Å²) in [7, 11) is -1.37. The van der Waals surface area contributed by atoms with Gasteiger partial charge in [-0.05, 0) is 12.8 Å². The van der Waals surface area contributed by atoms with Crippen LogP contribution in [0.1, 0.15) is 12.8 Å². The second-order valence-corrected chi connectivity index (χ2v) is 9.25. The van der Waals surface area contributed by atoms with Gasteiger partial charge in [0.2, 0.25) is 0 Å². The van der Waals surface area contributed by atoms with Crippen LogP contribution >= 0.6 is 0 Å². The highest BCUT2D eigenvalue weighted by molar-refractivity contribution is 6.90. The fraction of sp³-hybridized carbons (Fsp3) is 0.500. The van der Waals surface area contributed by atoms with Gasteiger partial charge in [-0.15, -0.1) is 0 Å². The van der Waals surface area contributed by atoms with E-state index < -0.39 is 8.07 Å². The SMILES string of the molecule is C[Si](C)(c1ccccc1)C1CCCO1. The highest BCUT2D eigenvalue weighted by atomic mass is 28.3. The maximum Gasteiger partial charge on any atom is 0.113 e. The molecule has 1 nitrogen and oxygen atoms in total. The summed E-state index contributed by atoms with van der Waals surface area (Å²) in [6.45, 7) is 5.80. The molecule has 0 N–H and O–H groups in total. The number of ether oxygens (including phenoxy) is 1. The van der Waals surface area contributed by atoms with Crippen molar-refractivity contribution in [3.05, 3.63) is 30.3 Å². The molecule has 1 heterocycles. The molecule has 0 amide bonds. The molecular weight excluding hydrogens is 188 g/mol. The van der Waals surface area contributed by atoms with Crippen molar-refractivity contribution in [1.29, 1.82) is 0 Å². The lowest BCUT2D eigenvalue weighted by Crippen LogP contribution is -2.52. The molecule has 1 aliphatic rings. The molecule has 1 atom stereocenters. The Morgan fingerprint density at radius 1 is 1.21 bits per heavy atom. The smallest absolute Gasteiger partial charge is 0.113 e. The van der Waals surface area contributed by atoms with Gasteiger partial charge < -0.3 is 4.74 Å². The fourth-order valence-electron chi connectivity index (χ4n) is 2.20. The van der Waals surface area contributed by atoms with E-state index in [4.69, 9.17) is 4.74 Å². The Morgan fingerprint density at radius 3 is 2.50 bits per heavy atom. The lowest BCUT2D eigenvalue weighted by Gasteiger charge is -2.29. The third kappa shape index (κ3) is 1.77. The fourth-order valence-corrected chi connectivity index (χ4v) is 5.08. The number of hydrogen-bond donors (Lipinski definition) is 0. The molecule has 0 spiro atoms. The van der Waals surface area contributed by atoms with E-state index in [1.54, 1.807) is 0 Å². The van der Waals surface area contributed by atoms with Crippen LogP contribution in [0.5, 0.6) is 0 Å². The Labute approximate surface area is 87.1 Å². The average molecular weight is 206 g/mol. The molecule has 2 rings (SSSR count). The van der Waals surface area contributed by atoms with Crippen LogP contribution in [0.2, 0.25) is 13.1 Å². The molecule has 1 saturated heterocycles. The first-order valence-corrected chi connectivity index (χ1v) is 8.46. The van der Waals surface area contributed by atoms with Gasteiger partial charge in [-0.1, -0.05) is 48.6 Å². The van der Waals surface area contributed by atoms with E-state index in [1.165, 1.54) is 18.0 Å². The quantitative estimate of drug-likeness (QED) is 0.675. The summed E-state index contributed by atoms with van der Waals surface area (Å²) in [6.07, 6.45) is 2.50. The molecule has 1 aliphatic heterocycles. The van der Waals surface area contributed by atoms with Crippen molar-refractivity contribution in [3.8, 4) is 0 Å². The first-order valence-electron chi connectivity index (χ1n) is 5.38. The summed E-state index contributed by atoms with van der Waals surface area (Å²) in [5.41, 5.74) is 0.532. The normalized spacial score (nSPS) is 22.6. The van der Waals surface area contributed by atoms with Crippen molar-refractivity contribution >= 4 is 13.3 Å². The van der Waals surface area contributed by atoms with Crippen LogP contribution < -0.4 is 5.19 Å². The second-order valence-electron chi connectivity index (χ2n) is 4.59. The zero-order chi connectivity index (χ0) is 10.0. The van der Waals surface area contributed by atoms with Gasteiger partial charge in [0, 0.05) is 6.61 Å². The van der Waals surface area contributed by atoms with Crippen molar-refractivity contribution in [1.82, 2.24) is 0 Å². The van der Waals surface area contributed by atoms with Crippen LogP contribution in [0, 0.1) is 0 Å². The molecule has 0 radical (unpaired) electrons. The molecule has 1 aromatic rings. The Kier molecular flexibility index (Phi) is 2.75. The minimum absolute atomic E-state index is 0.532. The van der Waals surface area contributed by atoms with E-state index >= 15 is 0 Å². The van der Waals surface area contributed by atoms with E-state index in [1.807, 2.05) is 0 Å². The Balaban J connectivity index is 2.22. The molecule has 1 aromatic carbocycles. The minimum atomic E-state index is -1.37. The van der Waals surface area contributed by atoms with Crippen LogP contribution in [0.3, 0.4) is 0 Å². The monoisotopic (exact) mass is 206 g/mol. The summed E-state index contributed by atoms with van der Waals surface area (Å²) in [4.78, 5) is 0. The van der Waals surface area contributed by atoms with Gasteiger partial charge in [0.15, 0.2) is 0 Å². The Bertz CT molecular complexity index is 288. The lowest BCUT2D eigenvalue weighted by atomic mass is 10.4. The highest BCUT2D eigenvalue weighted by Gasteiger charge is 2.36. The van der Waals surface area contributed by atoms with Crippen molar-refractivity contribution < 1.29 is 4.74 Å². The molecule has 1 unspecified atom stereocenters. The van der Waals surface area contributed by atoms with Crippen LogP contribution in [0.25, 0.3) is 0 Å². The summed E-state index contributed by atoms with van der Waals surface area (Å²) in [6, 6.07) is 10.9. The molecule has 0 saturated carbocycles. The zero-order valence-electron chi connectivity index (χ0n) is 8.99. The van der Waals surface area contributed by atoms with E-state index in [0.29, 0.717) is 5.73 Å². The number of benzene rings is 1. The maximum atomic E-state index is 5.83. The largest absolute Gasteiger partial charge is 0.381 e. The van der Waals surface area contributed by atoms with E-state index in [0.717, 1.165) is 6.61 Å². The van der Waals surface area contributed by atoms with Crippen molar-refractivity contribution in [2.45, 2.75) is 31.7 Å². The third-order valence-corrected chi connectivity index (χ3v) is 7.14. The predicted octanol–water partition coefficient (Wildman–Crippen LogP) is 2.32. The second kappa shape index (κ2) is 3.87. The molecule has 14 heavy (non-hydrogen) atoms. The average Bonchev–Trinajstić information content (AvgIpc) is 2.72. The predicted molar refractivity (Wildman–Crippen MR) is 62.5 cm³/mol. The molecule has 0 aromatic heterocycles. The first kappa shape index (κ1) is 9.93. The van der Waals surface area contributed by atoms with Gasteiger partial charge in [-0.25, -0.2) is 0 Å². The van der Waals surface area contributed by atoms with Crippen LogP contribution in [-0.2, 0) is 4.74 Å². The van der Waals surface area contributed by atoms with Crippen molar-refractivity contribution in [2.24, 2.45) is 0 Å². The molecule has 0 aliphatic carbocycles. The molecular formula is C12H18OSi. The Morgan fingerprint density at radius 2 is 1.93 bits per heavy atom. The highest BCUT2D eigenvalue weighted by Crippen LogP contribution is 2.22. The molecule has 76 valence electrons.